The number of carbonyl (C=O) groups excluding carboxylic acids is 7. The summed E-state index contributed by atoms with van der Waals surface area (Å²) in [7, 11) is 1.47. The molecule has 37 nitrogen and oxygen atoms in total. The molecule has 7 aliphatic heterocycles. The molecule has 8 heterocycles. The molecule has 1 aromatic heterocycles. The normalized spacial score (nSPS) is 27.1. The summed E-state index contributed by atoms with van der Waals surface area (Å²) in [4.78, 5) is 118. The number of aliphatic hydroxyl groups is 6. The topological polar surface area (TPSA) is 571 Å². The number of primary amides is 1. The van der Waals surface area contributed by atoms with E-state index in [1.54, 1.807) is 38.1 Å². The molecule has 39 heteroatoms. The van der Waals surface area contributed by atoms with Gasteiger partial charge in [-0.25, -0.2) is 4.79 Å². The summed E-state index contributed by atoms with van der Waals surface area (Å²) >= 11 is 14.4. The number of nitrogens with zero attached hydrogens (tertiary/aromatic N) is 1. The van der Waals surface area contributed by atoms with E-state index in [0.29, 0.717) is 29.0 Å². The van der Waals surface area contributed by atoms with Gasteiger partial charge in [-0.3, -0.25) is 38.1 Å². The Bertz CT molecular complexity index is 5670. The number of ether oxygens (including phenoxy) is 7. The third-order valence-corrected chi connectivity index (χ3v) is 24.5. The molecule has 22 N–H and O–H groups in total. The number of likely N-dealkylation sites (N-methyl/N-ethyl adjacent to an activating group) is 1. The molecule has 0 saturated carbocycles. The number of allylic oxidation sites excluding steroid dienone is 1. The minimum absolute atomic E-state index is 0.00461. The number of hydrogen-bond donors (Lipinski definition) is 21. The van der Waals surface area contributed by atoms with Crippen LogP contribution in [0.25, 0.3) is 17.2 Å². The second kappa shape index (κ2) is 39.0. The summed E-state index contributed by atoms with van der Waals surface area (Å²) in [6.45, 7) is 8.27. The Morgan fingerprint density at radius 1 is 0.692 bits per heavy atom. The number of halogens is 2. The molecular formula is C91H100Cl2N10O27. The van der Waals surface area contributed by atoms with Crippen molar-refractivity contribution >= 4 is 82.3 Å². The van der Waals surface area contributed by atoms with Crippen LogP contribution in [-0.2, 0) is 59.1 Å². The third kappa shape index (κ3) is 19.8. The number of rotatable bonds is 22. The average molecular weight is 1840 g/mol. The van der Waals surface area contributed by atoms with Gasteiger partial charge in [-0.05, 0) is 159 Å². The van der Waals surface area contributed by atoms with Crippen LogP contribution >= 0.6 is 23.2 Å². The van der Waals surface area contributed by atoms with E-state index in [4.69, 9.17) is 62.1 Å². The number of hydrogen-bond acceptors (Lipinski definition) is 28. The zero-order valence-corrected chi connectivity index (χ0v) is 72.3. The first-order valence-electron chi connectivity index (χ1n) is 41.9. The molecule has 7 unspecified atom stereocenters. The molecule has 690 valence electrons. The Kier molecular flexibility index (Phi) is 28.1. The van der Waals surface area contributed by atoms with Crippen molar-refractivity contribution in [1.29, 1.82) is 0 Å². The monoisotopic (exact) mass is 1830 g/mol. The van der Waals surface area contributed by atoms with Crippen molar-refractivity contribution in [2.45, 2.75) is 194 Å². The lowest BCUT2D eigenvalue weighted by Gasteiger charge is -2.48. The van der Waals surface area contributed by atoms with Gasteiger partial charge in [0.15, 0.2) is 41.7 Å². The number of aromatic nitrogens is 1. The highest BCUT2D eigenvalue weighted by molar-refractivity contribution is 6.32. The molecule has 8 aromatic rings. The number of fused-ring (bicyclic) bond motifs is 16. The Balaban J connectivity index is 0.848. The largest absolute Gasteiger partial charge is 0.508 e. The van der Waals surface area contributed by atoms with E-state index in [2.05, 4.69) is 42.5 Å². The Labute approximate surface area is 753 Å². The van der Waals surface area contributed by atoms with Crippen LogP contribution < -0.4 is 67.2 Å². The second-order valence-electron chi connectivity index (χ2n) is 33.6. The summed E-state index contributed by atoms with van der Waals surface area (Å²) < 4.78 is 47.3. The molecule has 2 fully saturated rings. The molecular weight excluding hydrogens is 1740 g/mol. The summed E-state index contributed by atoms with van der Waals surface area (Å²) in [6, 6.07) is 15.7. The summed E-state index contributed by atoms with van der Waals surface area (Å²) in [6.07, 6.45) is -14.1. The average Bonchev–Trinajstić information content (AvgIpc) is 1.42. The van der Waals surface area contributed by atoms with Crippen LogP contribution in [0.3, 0.4) is 0 Å². The SMILES string of the molecule is CN[C@@H](CC(C)C)C(=O)NC1C(=O)N[C@@H](CC(N)=O)C(=O)N[C@H]2C(=O)N[C@H]3C(=O)N[C@H](C(=O)N[C@H](C(=O)O)c4cc(O)cc(O)c4-c4cc3ccc4O)[C@H](O)c3ccc(c(Cl)c3)Oc3cc2cc(c3O[C@H]2OC(CO)[C@H](O)[C@H](O)C2O[C@H]2CC(C)(Nc3ccc(OCCCn4c(O)c5c(c4O)C(C=Cc4ccccc4)CC5C)cc3)[C@H](O)C(C)O2)Oc2ccc(cc2Cl)[C@H]1O. The predicted octanol–water partition coefficient (Wildman–Crippen LogP) is 6.25. The van der Waals surface area contributed by atoms with E-state index in [1.165, 1.54) is 23.7 Å². The fourth-order valence-corrected chi connectivity index (χ4v) is 17.7. The number of aromatic hydroxyl groups is 5. The summed E-state index contributed by atoms with van der Waals surface area (Å²) in [5, 5.41) is 160. The fraction of sp³-hybridized carbons (Fsp3) is 0.385. The number of nitrogens with two attached hydrogens (primary N) is 1. The maximum atomic E-state index is 16.3. The Morgan fingerprint density at radius 2 is 1.33 bits per heavy atom. The fourth-order valence-electron chi connectivity index (χ4n) is 17.2. The van der Waals surface area contributed by atoms with Gasteiger partial charge in [0.25, 0.3) is 0 Å². The molecule has 2 saturated heterocycles. The van der Waals surface area contributed by atoms with Gasteiger partial charge in [0, 0.05) is 58.5 Å². The molecule has 7 aromatic carbocycles. The molecule has 7 amide bonds. The van der Waals surface area contributed by atoms with Crippen LogP contribution in [0.4, 0.5) is 5.69 Å². The van der Waals surface area contributed by atoms with E-state index in [-0.39, 0.29) is 83.0 Å². The quantitative estimate of drug-likeness (QED) is 0.0333. The van der Waals surface area contributed by atoms with Crippen molar-refractivity contribution in [2.24, 2.45) is 11.7 Å². The lowest BCUT2D eigenvalue weighted by Crippen LogP contribution is -2.64. The summed E-state index contributed by atoms with van der Waals surface area (Å²) in [5.41, 5.74) is 4.37. The van der Waals surface area contributed by atoms with Gasteiger partial charge in [-0.15, -0.1) is 0 Å². The number of carbonyl (C=O) groups is 8. The van der Waals surface area contributed by atoms with Crippen LogP contribution in [0.15, 0.2) is 140 Å². The van der Waals surface area contributed by atoms with Crippen molar-refractivity contribution in [1.82, 2.24) is 41.8 Å². The van der Waals surface area contributed by atoms with Crippen LogP contribution in [0.5, 0.6) is 63.5 Å². The van der Waals surface area contributed by atoms with E-state index < -0.39 is 237 Å². The first kappa shape index (κ1) is 93.6. The highest BCUT2D eigenvalue weighted by Gasteiger charge is 2.53. The Morgan fingerprint density at radius 3 is 1.97 bits per heavy atom. The van der Waals surface area contributed by atoms with Gasteiger partial charge in [0.05, 0.1) is 47.4 Å². The van der Waals surface area contributed by atoms with Gasteiger partial charge in [0.1, 0.15) is 101 Å². The highest BCUT2D eigenvalue weighted by Crippen LogP contribution is 2.54. The van der Waals surface area contributed by atoms with Crippen molar-refractivity contribution in [3.05, 3.63) is 194 Å². The first-order valence-corrected chi connectivity index (χ1v) is 42.7. The molecule has 0 spiro atoms. The standard InChI is InChI=1S/C91H100Cl2N10O27/c1-39(2)27-55(95-6)81(114)100-72-74(109)45-16-23-59(53(92)30-45)126-61-32-47-33-62(127-60-24-17-46(31-54(60)93)75(110)73-86(119)99-71(89(122)123)52-34-49(105)35-58(107)68(52)51-29-44(15-22-57(51)106)69(83(116)101-73)98-84(117)70(47)97-82(115)56(36-64(94)108)96-85(72)118)78(61)130-90-79(77(112)76(111)63(38-104)128-90)129-65-37-91(5,80(113)41(4)125-65)102-48-18-20-50(21-19-48)124-26-10-25-103-87(120)66-40(3)28-43(67(66)88(103)121)14-13-42-11-8-7-9-12-42/h7-9,11-24,29-35,39-41,43,55-56,63,65,69-77,79-80,90,95,102,104-107,109-113,120-121H,10,25-28,36-38H2,1-6H3,(H2,94,108)(H,96,118)(H,97,115)(H,98,117)(H,99,119)(H,100,114)(H,101,116)(H,122,123)/t40?,41?,43?,55-,56-,63?,65-,69+,70+,71-,72?,73-,74+,75+,76-,77-,79?,80+,90+,91?/m0/s1. The number of phenols is 3. The number of aliphatic hydroxyl groups excluding tert-OH is 6. The zero-order valence-electron chi connectivity index (χ0n) is 70.8. The van der Waals surface area contributed by atoms with Gasteiger partial charge < -0.3 is 143 Å². The number of carboxylic acids is 1. The highest BCUT2D eigenvalue weighted by atomic mass is 35.5. The number of nitrogens with one attached hydrogen (secondary N) is 8. The van der Waals surface area contributed by atoms with Crippen molar-refractivity contribution < 1.29 is 133 Å². The van der Waals surface area contributed by atoms with Crippen molar-refractivity contribution in [2.75, 3.05) is 25.6 Å². The maximum Gasteiger partial charge on any atom is 0.330 e. The van der Waals surface area contributed by atoms with Gasteiger partial charge in [0.2, 0.25) is 53.4 Å². The molecule has 130 heavy (non-hydrogen) atoms. The minimum Gasteiger partial charge on any atom is -0.508 e. The number of amides is 7. The van der Waals surface area contributed by atoms with Crippen molar-refractivity contribution in [3.63, 3.8) is 0 Å². The van der Waals surface area contributed by atoms with Crippen LogP contribution in [0, 0.1) is 5.92 Å². The first-order chi connectivity index (χ1) is 61.9. The molecule has 11 bridgehead atoms. The predicted molar refractivity (Wildman–Crippen MR) is 464 cm³/mol. The van der Waals surface area contributed by atoms with Crippen molar-refractivity contribution in [3.8, 4) is 74.6 Å². The van der Waals surface area contributed by atoms with Crippen LogP contribution in [-0.4, -0.2) is 212 Å². The number of anilines is 1. The lowest BCUT2D eigenvalue weighted by molar-refractivity contribution is -0.332. The molecule has 16 rings (SSSR count). The van der Waals surface area contributed by atoms with Gasteiger partial charge in [-0.1, -0.05) is 105 Å². The van der Waals surface area contributed by atoms with Gasteiger partial charge >= 0.3 is 5.97 Å². The van der Waals surface area contributed by atoms with Crippen LogP contribution in [0.2, 0.25) is 10.0 Å². The zero-order chi connectivity index (χ0) is 93.3. The van der Waals surface area contributed by atoms with E-state index >= 15 is 24.0 Å². The smallest absolute Gasteiger partial charge is 0.330 e. The number of aliphatic carboxylic acids is 1. The molecule has 0 radical (unpaired) electrons. The minimum atomic E-state index is -2.39. The molecule has 1 aliphatic carbocycles. The summed E-state index contributed by atoms with van der Waals surface area (Å²) in [5.74, 6) is -15.9. The van der Waals surface area contributed by atoms with E-state index in [1.807, 2.05) is 63.3 Å². The van der Waals surface area contributed by atoms with Gasteiger partial charge in [-0.2, -0.15) is 0 Å². The number of carboxylic acid groups (broad SMARTS) is 1. The third-order valence-electron chi connectivity index (χ3n) is 23.9. The molecule has 20 atom stereocenters. The van der Waals surface area contributed by atoms with E-state index in [0.717, 1.165) is 78.7 Å². The number of phenolic OH excluding ortho intramolecular Hbond substituents is 3. The molecule has 8 aliphatic rings. The van der Waals surface area contributed by atoms with E-state index in [9.17, 15) is 75.7 Å². The maximum absolute atomic E-state index is 16.3. The Hall–Kier alpha value is -12.5. The number of benzene rings is 7. The second-order valence-corrected chi connectivity index (χ2v) is 34.4. The lowest BCUT2D eigenvalue weighted by atomic mass is 9.84. The van der Waals surface area contributed by atoms with Crippen LogP contribution in [0.1, 0.15) is 153 Å².